The summed E-state index contributed by atoms with van der Waals surface area (Å²) in [6, 6.07) is 12.1. The number of fused-ring (bicyclic) bond motifs is 2. The number of ether oxygens (including phenoxy) is 3. The van der Waals surface area contributed by atoms with Gasteiger partial charge in [0.05, 0.1) is 32.9 Å². The van der Waals surface area contributed by atoms with E-state index in [1.165, 1.54) is 33.1 Å². The quantitative estimate of drug-likeness (QED) is 0.286. The molecule has 0 bridgehead atoms. The molecule has 4 atom stereocenters. The maximum Gasteiger partial charge on any atom is 0.342 e. The first-order chi connectivity index (χ1) is 18.8. The van der Waals surface area contributed by atoms with Crippen LogP contribution in [-0.4, -0.2) is 55.9 Å². The Morgan fingerprint density at radius 3 is 2.44 bits per heavy atom. The van der Waals surface area contributed by atoms with Crippen molar-refractivity contribution in [1.29, 1.82) is 0 Å². The van der Waals surface area contributed by atoms with Crippen LogP contribution in [0.2, 0.25) is 5.02 Å². The highest BCUT2D eigenvalue weighted by atomic mass is 35.5. The predicted molar refractivity (Wildman–Crippen MR) is 146 cm³/mol. The number of carbonyl (C=O) groups excluding carboxylic acids is 4. The molecule has 0 amide bonds. The second kappa shape index (κ2) is 11.0. The molecular weight excluding hydrogens is 542 g/mol. The van der Waals surface area contributed by atoms with Crippen molar-refractivity contribution in [3.63, 3.8) is 0 Å². The highest BCUT2D eigenvalue weighted by Crippen LogP contribution is 2.49. The Bertz CT molecular complexity index is 1430. The Kier molecular flexibility index (Phi) is 7.64. The third-order valence-electron chi connectivity index (χ3n) is 7.49. The monoisotopic (exact) mass is 567 g/mol. The molecule has 0 saturated carbocycles. The average molecular weight is 568 g/mol. The van der Waals surface area contributed by atoms with Crippen LogP contribution >= 0.6 is 23.4 Å². The van der Waals surface area contributed by atoms with Gasteiger partial charge in [-0.25, -0.2) is 4.79 Å². The fraction of sp³-hybridized carbons (Fsp3) is 0.345. The lowest BCUT2D eigenvalue weighted by Crippen LogP contribution is -2.45. The largest absolute Gasteiger partial charge is 0.496 e. The van der Waals surface area contributed by atoms with Gasteiger partial charge in [-0.3, -0.25) is 19.4 Å². The SMILES string of the molecule is COC(=O)C1=C2SC(c3ccccc3)=N[C@@H]2[C@@H](C[C@H]2CC(=O)c3c(OC)ccc(Cl)c3C2)[C@H](C(=O)OC)C1=O. The zero-order valence-electron chi connectivity index (χ0n) is 21.6. The summed E-state index contributed by atoms with van der Waals surface area (Å²) in [7, 11) is 3.90. The number of ketones is 2. The second-order valence-electron chi connectivity index (χ2n) is 9.64. The van der Waals surface area contributed by atoms with Crippen LogP contribution in [0.25, 0.3) is 0 Å². The maximum absolute atomic E-state index is 13.7. The first-order valence-corrected chi connectivity index (χ1v) is 13.6. The molecule has 0 aromatic heterocycles. The molecule has 0 unspecified atom stereocenters. The number of Topliss-reactive ketones (excluding diaryl/α,β-unsaturated/α-hetero) is 2. The van der Waals surface area contributed by atoms with E-state index in [0.29, 0.717) is 44.7 Å². The fourth-order valence-corrected chi connectivity index (χ4v) is 7.26. The van der Waals surface area contributed by atoms with Crippen molar-refractivity contribution in [2.45, 2.75) is 25.3 Å². The number of benzene rings is 2. The van der Waals surface area contributed by atoms with Crippen LogP contribution in [0.4, 0.5) is 0 Å². The Morgan fingerprint density at radius 1 is 1.03 bits per heavy atom. The van der Waals surface area contributed by atoms with Gasteiger partial charge in [-0.1, -0.05) is 53.7 Å². The molecule has 0 spiro atoms. The first-order valence-electron chi connectivity index (χ1n) is 12.4. The number of thioether (sulfide) groups is 1. The van der Waals surface area contributed by atoms with Crippen molar-refractivity contribution in [3.8, 4) is 5.75 Å². The lowest BCUT2D eigenvalue weighted by atomic mass is 9.69. The van der Waals surface area contributed by atoms with Gasteiger partial charge in [0, 0.05) is 27.8 Å². The highest BCUT2D eigenvalue weighted by Gasteiger charge is 2.53. The van der Waals surface area contributed by atoms with Gasteiger partial charge in [0.15, 0.2) is 11.6 Å². The molecule has 202 valence electrons. The van der Waals surface area contributed by atoms with Crippen LogP contribution in [0.5, 0.6) is 5.75 Å². The van der Waals surface area contributed by atoms with Gasteiger partial charge in [0.25, 0.3) is 0 Å². The summed E-state index contributed by atoms with van der Waals surface area (Å²) in [5.41, 5.74) is 1.82. The van der Waals surface area contributed by atoms with E-state index in [0.717, 1.165) is 5.56 Å². The van der Waals surface area contributed by atoms with Crippen LogP contribution < -0.4 is 4.74 Å². The number of nitrogens with zero attached hydrogens (tertiary/aromatic N) is 1. The van der Waals surface area contributed by atoms with Crippen LogP contribution in [0.3, 0.4) is 0 Å². The average Bonchev–Trinajstić information content (AvgIpc) is 3.38. The van der Waals surface area contributed by atoms with E-state index in [9.17, 15) is 19.2 Å². The Morgan fingerprint density at radius 2 is 1.77 bits per heavy atom. The summed E-state index contributed by atoms with van der Waals surface area (Å²) in [4.78, 5) is 58.2. The van der Waals surface area contributed by atoms with Crippen LogP contribution in [0, 0.1) is 17.8 Å². The number of methoxy groups -OCH3 is 3. The van der Waals surface area contributed by atoms with E-state index in [-0.39, 0.29) is 23.7 Å². The molecular formula is C29H26ClNO7S. The van der Waals surface area contributed by atoms with Gasteiger partial charge < -0.3 is 14.2 Å². The third kappa shape index (κ3) is 4.78. The van der Waals surface area contributed by atoms with Gasteiger partial charge in [-0.15, -0.1) is 0 Å². The topological polar surface area (TPSA) is 108 Å². The second-order valence-corrected chi connectivity index (χ2v) is 11.1. The Labute approximate surface area is 234 Å². The number of carbonyl (C=O) groups is 4. The molecule has 1 heterocycles. The zero-order valence-corrected chi connectivity index (χ0v) is 23.1. The summed E-state index contributed by atoms with van der Waals surface area (Å²) >= 11 is 7.73. The van der Waals surface area contributed by atoms with Gasteiger partial charge in [0.1, 0.15) is 22.3 Å². The molecule has 2 aliphatic carbocycles. The minimum atomic E-state index is -1.27. The summed E-state index contributed by atoms with van der Waals surface area (Å²) < 4.78 is 15.4. The number of hydrogen-bond donors (Lipinski definition) is 0. The Balaban J connectivity index is 1.58. The van der Waals surface area contributed by atoms with Gasteiger partial charge in [0.2, 0.25) is 0 Å². The Hall–Kier alpha value is -3.43. The number of rotatable bonds is 6. The molecule has 0 N–H and O–H groups in total. The smallest absolute Gasteiger partial charge is 0.342 e. The van der Waals surface area contributed by atoms with E-state index in [2.05, 4.69) is 0 Å². The summed E-state index contributed by atoms with van der Waals surface area (Å²) in [5.74, 6) is -3.98. The first kappa shape index (κ1) is 27.1. The van der Waals surface area contributed by atoms with Crippen LogP contribution in [0.15, 0.2) is 57.9 Å². The lowest BCUT2D eigenvalue weighted by Gasteiger charge is -2.36. The van der Waals surface area contributed by atoms with Crippen molar-refractivity contribution in [2.75, 3.05) is 21.3 Å². The maximum atomic E-state index is 13.7. The van der Waals surface area contributed by atoms with Crippen molar-refractivity contribution in [1.82, 2.24) is 0 Å². The molecule has 0 radical (unpaired) electrons. The number of esters is 2. The van der Waals surface area contributed by atoms with Crippen molar-refractivity contribution in [3.05, 3.63) is 74.7 Å². The third-order valence-corrected chi connectivity index (χ3v) is 9.05. The van der Waals surface area contributed by atoms with Crippen molar-refractivity contribution < 1.29 is 33.4 Å². The van der Waals surface area contributed by atoms with Gasteiger partial charge in [-0.2, -0.15) is 0 Å². The van der Waals surface area contributed by atoms with E-state index in [4.69, 9.17) is 30.8 Å². The molecule has 2 aromatic rings. The summed E-state index contributed by atoms with van der Waals surface area (Å²) in [6.45, 7) is 0. The minimum Gasteiger partial charge on any atom is -0.496 e. The molecule has 39 heavy (non-hydrogen) atoms. The molecule has 10 heteroatoms. The van der Waals surface area contributed by atoms with Gasteiger partial charge >= 0.3 is 11.9 Å². The molecule has 2 aromatic carbocycles. The van der Waals surface area contributed by atoms with E-state index in [1.807, 2.05) is 30.3 Å². The highest BCUT2D eigenvalue weighted by molar-refractivity contribution is 8.18. The van der Waals surface area contributed by atoms with E-state index >= 15 is 0 Å². The van der Waals surface area contributed by atoms with E-state index in [1.54, 1.807) is 12.1 Å². The number of halogens is 1. The van der Waals surface area contributed by atoms with Crippen molar-refractivity contribution in [2.24, 2.45) is 22.7 Å². The lowest BCUT2D eigenvalue weighted by molar-refractivity contribution is -0.152. The molecule has 1 aliphatic heterocycles. The molecule has 5 rings (SSSR count). The van der Waals surface area contributed by atoms with E-state index < -0.39 is 35.6 Å². The fourth-order valence-electron chi connectivity index (χ4n) is 5.76. The summed E-state index contributed by atoms with van der Waals surface area (Å²) in [5, 5.41) is 1.10. The minimum absolute atomic E-state index is 0.113. The molecule has 3 aliphatic rings. The number of hydrogen-bond acceptors (Lipinski definition) is 9. The van der Waals surface area contributed by atoms with Crippen LogP contribution in [0.1, 0.15) is 34.3 Å². The standard InChI is InChI=1S/C29H26ClNO7S/c1-36-20-10-9-18(30)16-11-14(13-19(32)21(16)20)12-17-22(28(34)37-2)25(33)23(29(35)38-3)26-24(17)31-27(39-26)15-7-5-4-6-8-15/h4-10,14,17,22,24H,11-13H2,1-3H3/t14-,17-,22-,24+/m0/s1. The normalized spacial score (nSPS) is 24.1. The van der Waals surface area contributed by atoms with Crippen LogP contribution in [-0.2, 0) is 30.3 Å². The van der Waals surface area contributed by atoms with Gasteiger partial charge in [-0.05, 0) is 36.5 Å². The van der Waals surface area contributed by atoms with Crippen molar-refractivity contribution >= 4 is 51.9 Å². The zero-order chi connectivity index (χ0) is 27.8. The molecule has 8 nitrogen and oxygen atoms in total. The molecule has 0 saturated heterocycles. The number of aliphatic imine (C=N–C) groups is 1. The predicted octanol–water partition coefficient (Wildman–Crippen LogP) is 4.46. The molecule has 0 fully saturated rings. The summed E-state index contributed by atoms with van der Waals surface area (Å²) in [6.07, 6.45) is 0.979.